The van der Waals surface area contributed by atoms with Gasteiger partial charge in [-0.1, -0.05) is 51.4 Å². The second kappa shape index (κ2) is 10.9. The van der Waals surface area contributed by atoms with Gasteiger partial charge in [-0.2, -0.15) is 5.10 Å². The van der Waals surface area contributed by atoms with E-state index >= 15 is 0 Å². The first-order valence-corrected chi connectivity index (χ1v) is 12.0. The Hall–Kier alpha value is -3.12. The van der Waals surface area contributed by atoms with Gasteiger partial charge in [0, 0.05) is 34.6 Å². The molecule has 0 aliphatic rings. The van der Waals surface area contributed by atoms with Crippen molar-refractivity contribution >= 4 is 29.2 Å². The molecule has 1 aromatic heterocycles. The van der Waals surface area contributed by atoms with E-state index in [0.717, 1.165) is 35.5 Å². The summed E-state index contributed by atoms with van der Waals surface area (Å²) in [6.45, 7) is 13.8. The molecule has 0 radical (unpaired) electrons. The molecule has 0 saturated heterocycles. The first kappa shape index (κ1) is 25.5. The molecular weight excluding hydrogens is 446 g/mol. The summed E-state index contributed by atoms with van der Waals surface area (Å²) in [7, 11) is 0. The van der Waals surface area contributed by atoms with Crippen molar-refractivity contribution in [2.45, 2.75) is 66.5 Å². The molecular formula is C27H34ClN5O. The molecule has 2 aromatic carbocycles. The third-order valence-corrected chi connectivity index (χ3v) is 5.83. The van der Waals surface area contributed by atoms with Gasteiger partial charge in [-0.25, -0.2) is 4.99 Å². The third-order valence-electron chi connectivity index (χ3n) is 5.59. The van der Waals surface area contributed by atoms with Gasteiger partial charge in [-0.15, -0.1) is 0 Å². The predicted molar refractivity (Wildman–Crippen MR) is 141 cm³/mol. The first-order chi connectivity index (χ1) is 16.1. The van der Waals surface area contributed by atoms with Gasteiger partial charge in [0.2, 0.25) is 5.96 Å². The van der Waals surface area contributed by atoms with Gasteiger partial charge in [0.25, 0.3) is 5.91 Å². The minimum Gasteiger partial charge on any atom is -0.326 e. The number of aliphatic imine (C=N–C) groups is 1. The van der Waals surface area contributed by atoms with Crippen molar-refractivity contribution in [1.29, 1.82) is 0 Å². The zero-order valence-electron chi connectivity index (χ0n) is 20.9. The molecule has 6 nitrogen and oxygen atoms in total. The number of amides is 1. The second-order valence-corrected chi connectivity index (χ2v) is 9.97. The Kier molecular flexibility index (Phi) is 8.15. The number of benzene rings is 2. The van der Waals surface area contributed by atoms with Crippen molar-refractivity contribution in [2.75, 3.05) is 5.32 Å². The number of anilines is 1. The molecule has 0 aliphatic carbocycles. The molecule has 3 aromatic rings. The van der Waals surface area contributed by atoms with Crippen LogP contribution in [-0.2, 0) is 18.5 Å². The van der Waals surface area contributed by atoms with Crippen LogP contribution >= 0.6 is 11.6 Å². The average Bonchev–Trinajstić information content (AvgIpc) is 3.12. The van der Waals surface area contributed by atoms with E-state index in [2.05, 4.69) is 43.4 Å². The number of hydrogen-bond acceptors (Lipinski definition) is 3. The Morgan fingerprint density at radius 3 is 2.44 bits per heavy atom. The molecule has 7 heteroatoms. The number of nitrogens with one attached hydrogen (secondary N) is 2. The fourth-order valence-corrected chi connectivity index (χ4v) is 3.76. The molecule has 0 bridgehead atoms. The van der Waals surface area contributed by atoms with Crippen LogP contribution in [0.5, 0.6) is 0 Å². The van der Waals surface area contributed by atoms with Gasteiger partial charge in [0.15, 0.2) is 0 Å². The topological polar surface area (TPSA) is 71.3 Å². The molecule has 34 heavy (non-hydrogen) atoms. The first-order valence-electron chi connectivity index (χ1n) is 11.6. The number of carbonyl (C=O) groups is 1. The van der Waals surface area contributed by atoms with E-state index in [4.69, 9.17) is 16.6 Å². The third kappa shape index (κ3) is 6.70. The summed E-state index contributed by atoms with van der Waals surface area (Å²) < 4.78 is 1.94. The Balaban J connectivity index is 1.84. The lowest BCUT2D eigenvalue weighted by atomic mass is 9.87. The van der Waals surface area contributed by atoms with Crippen LogP contribution in [0.3, 0.4) is 0 Å². The number of aryl methyl sites for hydroxylation is 3. The van der Waals surface area contributed by atoms with Gasteiger partial charge in [-0.05, 0) is 67.1 Å². The van der Waals surface area contributed by atoms with E-state index < -0.39 is 0 Å². The summed E-state index contributed by atoms with van der Waals surface area (Å²) in [5.41, 5.74) is 5.50. The summed E-state index contributed by atoms with van der Waals surface area (Å²) in [5.74, 6) is 0.148. The molecule has 0 spiro atoms. The quantitative estimate of drug-likeness (QED) is 0.324. The highest BCUT2D eigenvalue weighted by Crippen LogP contribution is 2.22. The summed E-state index contributed by atoms with van der Waals surface area (Å²) in [6.07, 6.45) is 3.02. The SMILES string of the molecule is CCCn1cc(CN=C(NC(=O)c2ccc(C(C)(C)C)cc2)Nc2ccc(Cl)cc2C)c(C)n1. The lowest BCUT2D eigenvalue weighted by Gasteiger charge is -2.19. The number of aromatic nitrogens is 2. The van der Waals surface area contributed by atoms with E-state index in [1.807, 2.05) is 61.1 Å². The summed E-state index contributed by atoms with van der Waals surface area (Å²) >= 11 is 6.11. The fraction of sp³-hybridized carbons (Fsp3) is 0.370. The average molecular weight is 480 g/mol. The van der Waals surface area contributed by atoms with Crippen molar-refractivity contribution in [3.05, 3.63) is 81.6 Å². The normalized spacial score (nSPS) is 12.0. The summed E-state index contributed by atoms with van der Waals surface area (Å²) in [4.78, 5) is 17.7. The van der Waals surface area contributed by atoms with E-state index in [9.17, 15) is 4.79 Å². The molecule has 0 fully saturated rings. The van der Waals surface area contributed by atoms with Crippen molar-refractivity contribution in [3.8, 4) is 0 Å². The molecule has 0 unspecified atom stereocenters. The van der Waals surface area contributed by atoms with Gasteiger partial charge < -0.3 is 5.32 Å². The monoisotopic (exact) mass is 479 g/mol. The molecule has 1 heterocycles. The molecule has 1 amide bonds. The number of halogens is 1. The number of nitrogens with zero attached hydrogens (tertiary/aromatic N) is 3. The van der Waals surface area contributed by atoms with E-state index in [1.54, 1.807) is 6.07 Å². The Labute approximate surface area is 207 Å². The lowest BCUT2D eigenvalue weighted by Crippen LogP contribution is -2.36. The summed E-state index contributed by atoms with van der Waals surface area (Å²) in [5, 5.41) is 11.4. The number of guanidine groups is 1. The fourth-order valence-electron chi connectivity index (χ4n) is 3.53. The lowest BCUT2D eigenvalue weighted by molar-refractivity contribution is 0.0977. The minimum atomic E-state index is -0.225. The van der Waals surface area contributed by atoms with Crippen LogP contribution < -0.4 is 10.6 Å². The molecule has 0 saturated carbocycles. The van der Waals surface area contributed by atoms with E-state index in [-0.39, 0.29) is 11.3 Å². The van der Waals surface area contributed by atoms with E-state index in [1.165, 1.54) is 5.56 Å². The maximum absolute atomic E-state index is 13.0. The number of carbonyl (C=O) groups excluding carboxylic acids is 1. The Bertz CT molecular complexity index is 1170. The summed E-state index contributed by atoms with van der Waals surface area (Å²) in [6, 6.07) is 13.2. The number of rotatable bonds is 6. The predicted octanol–water partition coefficient (Wildman–Crippen LogP) is 6.26. The van der Waals surface area contributed by atoms with Crippen LogP contribution in [0.4, 0.5) is 5.69 Å². The minimum absolute atomic E-state index is 0.0232. The molecule has 3 rings (SSSR count). The maximum Gasteiger partial charge on any atom is 0.257 e. The zero-order chi connectivity index (χ0) is 24.9. The van der Waals surface area contributed by atoms with Crippen LogP contribution in [0.25, 0.3) is 0 Å². The van der Waals surface area contributed by atoms with Crippen molar-refractivity contribution in [3.63, 3.8) is 0 Å². The smallest absolute Gasteiger partial charge is 0.257 e. The van der Waals surface area contributed by atoms with Crippen molar-refractivity contribution in [2.24, 2.45) is 4.99 Å². The number of hydrogen-bond donors (Lipinski definition) is 2. The van der Waals surface area contributed by atoms with Crippen LogP contribution in [0, 0.1) is 13.8 Å². The molecule has 0 atom stereocenters. The van der Waals surface area contributed by atoms with Crippen molar-refractivity contribution in [1.82, 2.24) is 15.1 Å². The van der Waals surface area contributed by atoms with Gasteiger partial charge in [0.05, 0.1) is 12.2 Å². The largest absolute Gasteiger partial charge is 0.326 e. The van der Waals surface area contributed by atoms with Crippen LogP contribution in [-0.4, -0.2) is 21.6 Å². The highest BCUT2D eigenvalue weighted by atomic mass is 35.5. The van der Waals surface area contributed by atoms with Crippen LogP contribution in [0.15, 0.2) is 53.7 Å². The van der Waals surface area contributed by atoms with Crippen LogP contribution in [0.1, 0.15) is 66.9 Å². The highest BCUT2D eigenvalue weighted by Gasteiger charge is 2.16. The Morgan fingerprint density at radius 2 is 1.82 bits per heavy atom. The molecule has 2 N–H and O–H groups in total. The second-order valence-electron chi connectivity index (χ2n) is 9.53. The van der Waals surface area contributed by atoms with Crippen molar-refractivity contribution < 1.29 is 4.79 Å². The van der Waals surface area contributed by atoms with Gasteiger partial charge in [-0.3, -0.25) is 14.8 Å². The van der Waals surface area contributed by atoms with Crippen LogP contribution in [0.2, 0.25) is 5.02 Å². The van der Waals surface area contributed by atoms with E-state index in [0.29, 0.717) is 23.1 Å². The zero-order valence-corrected chi connectivity index (χ0v) is 21.6. The molecule has 0 aliphatic heterocycles. The Morgan fingerprint density at radius 1 is 1.12 bits per heavy atom. The van der Waals surface area contributed by atoms with Gasteiger partial charge >= 0.3 is 0 Å². The van der Waals surface area contributed by atoms with Gasteiger partial charge in [0.1, 0.15) is 0 Å². The highest BCUT2D eigenvalue weighted by molar-refractivity contribution is 6.30. The molecule has 180 valence electrons. The maximum atomic E-state index is 13.0. The standard InChI is InChI=1S/C27H34ClN5O/c1-7-14-33-17-21(19(3)32-33)16-29-26(30-24-13-12-23(28)15-18(24)2)31-25(34)20-8-10-22(11-9-20)27(4,5)6/h8-13,15,17H,7,14,16H2,1-6H3,(H2,29,30,31,34).